The Morgan fingerprint density at radius 2 is 1.77 bits per heavy atom. The molecule has 0 aliphatic rings. The van der Waals surface area contributed by atoms with E-state index in [4.69, 9.17) is 10.00 Å². The number of benzene rings is 2. The normalized spacial score (nSPS) is 10.3. The molecule has 1 N–H and O–H groups in total. The van der Waals surface area contributed by atoms with Gasteiger partial charge < -0.3 is 10.1 Å². The van der Waals surface area contributed by atoms with Crippen LogP contribution in [0.4, 0.5) is 11.5 Å². The maximum atomic E-state index is 9.12. The van der Waals surface area contributed by atoms with Crippen LogP contribution >= 0.6 is 0 Å². The Hall–Kier alpha value is -3.98. The fourth-order valence-electron chi connectivity index (χ4n) is 2.57. The summed E-state index contributed by atoms with van der Waals surface area (Å²) in [7, 11) is 0. The van der Waals surface area contributed by atoms with Gasteiger partial charge in [0.15, 0.2) is 11.5 Å². The average Bonchev–Trinajstić information content (AvgIpc) is 2.69. The Morgan fingerprint density at radius 1 is 0.885 bits per heavy atom. The van der Waals surface area contributed by atoms with Crippen LogP contribution in [-0.2, 0) is 0 Å². The van der Waals surface area contributed by atoms with Crippen LogP contribution in [-0.4, -0.2) is 15.0 Å². The first-order valence-corrected chi connectivity index (χ1v) is 7.93. The minimum Gasteiger partial charge on any atom is -0.457 e. The van der Waals surface area contributed by atoms with E-state index in [0.29, 0.717) is 11.6 Å². The zero-order chi connectivity index (χ0) is 17.8. The van der Waals surface area contributed by atoms with E-state index in [1.165, 1.54) is 12.4 Å². The third kappa shape index (κ3) is 3.14. The fourth-order valence-corrected chi connectivity index (χ4v) is 2.57. The molecule has 0 bridgehead atoms. The number of rotatable bonds is 4. The average molecular weight is 339 g/mol. The molecule has 0 amide bonds. The summed E-state index contributed by atoms with van der Waals surface area (Å²) in [4.78, 5) is 12.5. The van der Waals surface area contributed by atoms with Crippen LogP contribution in [0.25, 0.3) is 10.9 Å². The molecule has 2 aromatic carbocycles. The van der Waals surface area contributed by atoms with Crippen molar-refractivity contribution in [2.24, 2.45) is 0 Å². The van der Waals surface area contributed by atoms with E-state index in [-0.39, 0.29) is 5.69 Å². The van der Waals surface area contributed by atoms with E-state index in [1.54, 1.807) is 6.20 Å². The number of hydrogen-bond acceptors (Lipinski definition) is 6. The summed E-state index contributed by atoms with van der Waals surface area (Å²) in [6, 6.07) is 19.1. The lowest BCUT2D eigenvalue weighted by atomic mass is 10.2. The van der Waals surface area contributed by atoms with Crippen molar-refractivity contribution < 1.29 is 4.74 Å². The first-order valence-electron chi connectivity index (χ1n) is 7.93. The first-order chi connectivity index (χ1) is 12.8. The van der Waals surface area contributed by atoms with E-state index >= 15 is 0 Å². The Bertz CT molecular complexity index is 1110. The van der Waals surface area contributed by atoms with Crippen molar-refractivity contribution in [1.82, 2.24) is 15.0 Å². The molecule has 124 valence electrons. The number of anilines is 2. The van der Waals surface area contributed by atoms with Gasteiger partial charge in [0.05, 0.1) is 5.52 Å². The standard InChI is InChI=1S/C20H13N5O/c21-13-18-20(24-11-10-23-18)25-14-4-3-5-15(12-14)26-19-8-9-22-17-7-2-1-6-16(17)19/h1-12H,(H,24,25). The van der Waals surface area contributed by atoms with Gasteiger partial charge in [0.25, 0.3) is 0 Å². The zero-order valence-electron chi connectivity index (χ0n) is 13.6. The molecule has 0 aliphatic heterocycles. The molecule has 0 atom stereocenters. The van der Waals surface area contributed by atoms with Crippen molar-refractivity contribution in [3.05, 3.63) is 78.9 Å². The van der Waals surface area contributed by atoms with Crippen LogP contribution < -0.4 is 10.1 Å². The lowest BCUT2D eigenvalue weighted by Gasteiger charge is -2.11. The molecular weight excluding hydrogens is 326 g/mol. The highest BCUT2D eigenvalue weighted by molar-refractivity contribution is 5.85. The van der Waals surface area contributed by atoms with Crippen molar-refractivity contribution in [2.75, 3.05) is 5.32 Å². The highest BCUT2D eigenvalue weighted by Gasteiger charge is 2.07. The van der Waals surface area contributed by atoms with Gasteiger partial charge in [-0.05, 0) is 30.3 Å². The summed E-state index contributed by atoms with van der Waals surface area (Å²) in [5, 5.41) is 13.2. The molecule has 2 aromatic heterocycles. The number of aromatic nitrogens is 3. The molecule has 4 rings (SSSR count). The molecule has 0 aliphatic carbocycles. The van der Waals surface area contributed by atoms with Crippen molar-refractivity contribution in [1.29, 1.82) is 5.26 Å². The predicted octanol–water partition coefficient (Wildman–Crippen LogP) is 4.43. The largest absolute Gasteiger partial charge is 0.457 e. The van der Waals surface area contributed by atoms with Crippen LogP contribution in [0.5, 0.6) is 11.5 Å². The molecule has 4 aromatic rings. The first kappa shape index (κ1) is 15.5. The maximum Gasteiger partial charge on any atom is 0.183 e. The zero-order valence-corrected chi connectivity index (χ0v) is 13.6. The summed E-state index contributed by atoms with van der Waals surface area (Å²) >= 11 is 0. The minimum absolute atomic E-state index is 0.235. The molecule has 6 heteroatoms. The van der Waals surface area contributed by atoms with Gasteiger partial charge in [-0.1, -0.05) is 18.2 Å². The van der Waals surface area contributed by atoms with Gasteiger partial charge in [0.1, 0.15) is 17.6 Å². The van der Waals surface area contributed by atoms with Gasteiger partial charge in [-0.25, -0.2) is 9.97 Å². The summed E-state index contributed by atoms with van der Waals surface area (Å²) in [6.07, 6.45) is 4.74. The number of nitrogens with one attached hydrogen (secondary N) is 1. The van der Waals surface area contributed by atoms with E-state index in [0.717, 1.165) is 22.3 Å². The van der Waals surface area contributed by atoms with Gasteiger partial charge in [0, 0.05) is 35.7 Å². The van der Waals surface area contributed by atoms with Crippen molar-refractivity contribution in [3.8, 4) is 17.6 Å². The summed E-state index contributed by atoms with van der Waals surface area (Å²) in [5.41, 5.74) is 1.86. The smallest absolute Gasteiger partial charge is 0.183 e. The van der Waals surface area contributed by atoms with Gasteiger partial charge in [-0.2, -0.15) is 5.26 Å². The van der Waals surface area contributed by atoms with Crippen LogP contribution in [0.3, 0.4) is 0 Å². The summed E-state index contributed by atoms with van der Waals surface area (Å²) < 4.78 is 6.05. The molecule has 26 heavy (non-hydrogen) atoms. The maximum absolute atomic E-state index is 9.12. The minimum atomic E-state index is 0.235. The molecule has 0 saturated carbocycles. The number of pyridine rings is 1. The van der Waals surface area contributed by atoms with Crippen molar-refractivity contribution in [3.63, 3.8) is 0 Å². The molecular formula is C20H13N5O. The quantitative estimate of drug-likeness (QED) is 0.592. The van der Waals surface area contributed by atoms with E-state index in [9.17, 15) is 0 Å². The lowest BCUT2D eigenvalue weighted by molar-refractivity contribution is 0.488. The highest BCUT2D eigenvalue weighted by atomic mass is 16.5. The third-order valence-corrected chi connectivity index (χ3v) is 3.74. The van der Waals surface area contributed by atoms with Gasteiger partial charge >= 0.3 is 0 Å². The molecule has 0 unspecified atom stereocenters. The highest BCUT2D eigenvalue weighted by Crippen LogP contribution is 2.30. The second kappa shape index (κ2) is 6.87. The van der Waals surface area contributed by atoms with Gasteiger partial charge in [-0.3, -0.25) is 4.98 Å². The van der Waals surface area contributed by atoms with Crippen LogP contribution in [0, 0.1) is 11.3 Å². The van der Waals surface area contributed by atoms with Crippen molar-refractivity contribution >= 4 is 22.4 Å². The number of fused-ring (bicyclic) bond motifs is 1. The number of nitrogens with zero attached hydrogens (tertiary/aromatic N) is 4. The van der Waals surface area contributed by atoms with E-state index in [1.807, 2.05) is 60.7 Å². The Kier molecular flexibility index (Phi) is 4.11. The summed E-state index contributed by atoms with van der Waals surface area (Å²) in [6.45, 7) is 0. The molecule has 6 nitrogen and oxygen atoms in total. The monoisotopic (exact) mass is 339 g/mol. The Balaban J connectivity index is 1.63. The third-order valence-electron chi connectivity index (χ3n) is 3.74. The number of nitriles is 1. The topological polar surface area (TPSA) is 83.7 Å². The number of hydrogen-bond donors (Lipinski definition) is 1. The summed E-state index contributed by atoms with van der Waals surface area (Å²) in [5.74, 6) is 1.79. The molecule has 0 saturated heterocycles. The molecule has 0 spiro atoms. The SMILES string of the molecule is N#Cc1nccnc1Nc1cccc(Oc2ccnc3ccccc23)c1. The van der Waals surface area contributed by atoms with Crippen molar-refractivity contribution in [2.45, 2.75) is 0 Å². The fraction of sp³-hybridized carbons (Fsp3) is 0. The molecule has 0 fully saturated rings. The number of ether oxygens (including phenoxy) is 1. The van der Waals surface area contributed by atoms with E-state index in [2.05, 4.69) is 20.3 Å². The number of para-hydroxylation sites is 1. The second-order valence-electron chi connectivity index (χ2n) is 5.45. The Labute approximate surface area is 149 Å². The second-order valence-corrected chi connectivity index (χ2v) is 5.45. The lowest BCUT2D eigenvalue weighted by Crippen LogP contribution is -1.98. The Morgan fingerprint density at radius 3 is 2.69 bits per heavy atom. The van der Waals surface area contributed by atoms with Crippen LogP contribution in [0.2, 0.25) is 0 Å². The van der Waals surface area contributed by atoms with Gasteiger partial charge in [0.2, 0.25) is 0 Å². The molecule has 0 radical (unpaired) electrons. The van der Waals surface area contributed by atoms with Crippen LogP contribution in [0.1, 0.15) is 5.69 Å². The predicted molar refractivity (Wildman–Crippen MR) is 98.3 cm³/mol. The van der Waals surface area contributed by atoms with Gasteiger partial charge in [-0.15, -0.1) is 0 Å². The molecule has 2 heterocycles. The van der Waals surface area contributed by atoms with E-state index < -0.39 is 0 Å². The van der Waals surface area contributed by atoms with Crippen LogP contribution in [0.15, 0.2) is 73.2 Å².